The average Bonchev–Trinajstić information content (AvgIpc) is 2.73. The van der Waals surface area contributed by atoms with Crippen LogP contribution in [0.3, 0.4) is 0 Å². The van der Waals surface area contributed by atoms with E-state index in [2.05, 4.69) is 0 Å². The summed E-state index contributed by atoms with van der Waals surface area (Å²) in [5, 5.41) is 8.65. The van der Waals surface area contributed by atoms with E-state index in [1.807, 2.05) is 0 Å². The van der Waals surface area contributed by atoms with Gasteiger partial charge in [0.15, 0.2) is 5.78 Å². The van der Waals surface area contributed by atoms with Crippen molar-refractivity contribution < 1.29 is 33.0 Å². The van der Waals surface area contributed by atoms with Crippen molar-refractivity contribution in [3.05, 3.63) is 82.4 Å². The van der Waals surface area contributed by atoms with Gasteiger partial charge in [-0.15, -0.1) is 0 Å². The van der Waals surface area contributed by atoms with E-state index in [1.165, 1.54) is 53.5 Å². The minimum Gasteiger partial charge on any atom is -0.480 e. The van der Waals surface area contributed by atoms with E-state index in [9.17, 15) is 23.2 Å². The molecule has 1 fully saturated rings. The normalized spacial score (nSPS) is 16.7. The number of Topliss-reactive ketones (excluding diaryl/α,β-unsaturated/α-hetero) is 1. The van der Waals surface area contributed by atoms with Crippen LogP contribution in [-0.2, 0) is 19.1 Å². The van der Waals surface area contributed by atoms with E-state index in [1.54, 1.807) is 12.1 Å². The maximum absolute atomic E-state index is 14.1. The average molecular weight is 427 g/mol. The number of rotatable bonds is 6. The number of hydrogen-bond donors (Lipinski definition) is 1. The Hall–Kier alpha value is -3.65. The second-order valence-corrected chi connectivity index (χ2v) is 6.85. The number of piperidine rings is 1. The van der Waals surface area contributed by atoms with Crippen LogP contribution < -0.4 is 0 Å². The minimum atomic E-state index is -1.22. The molecule has 1 amide bonds. The predicted octanol–water partition coefficient (Wildman–Crippen LogP) is 2.94. The van der Waals surface area contributed by atoms with Gasteiger partial charge in [0.05, 0.1) is 0 Å². The van der Waals surface area contributed by atoms with E-state index in [0.717, 1.165) is 0 Å². The summed E-state index contributed by atoms with van der Waals surface area (Å²) in [6.07, 6.45) is 2.70. The second kappa shape index (κ2) is 9.90. The first-order valence-corrected chi connectivity index (χ1v) is 9.37. The molecule has 0 unspecified atom stereocenters. The lowest BCUT2D eigenvalue weighted by molar-refractivity contribution is -0.145. The highest BCUT2D eigenvalue weighted by Gasteiger charge is 2.29. The van der Waals surface area contributed by atoms with Crippen molar-refractivity contribution >= 4 is 29.8 Å². The summed E-state index contributed by atoms with van der Waals surface area (Å²) in [6.45, 7) is -1.37. The topological polar surface area (TPSA) is 83.9 Å². The van der Waals surface area contributed by atoms with Gasteiger partial charge in [-0.3, -0.25) is 9.59 Å². The summed E-state index contributed by atoms with van der Waals surface area (Å²) < 4.78 is 33.0. The number of benzene rings is 2. The number of carbonyl (C=O) groups is 3. The highest BCUT2D eigenvalue weighted by atomic mass is 19.1. The molecule has 0 saturated carbocycles. The van der Waals surface area contributed by atoms with Gasteiger partial charge in [-0.2, -0.15) is 0 Å². The molecule has 0 aliphatic carbocycles. The van der Waals surface area contributed by atoms with E-state index in [0.29, 0.717) is 0 Å². The molecule has 1 aliphatic rings. The molecule has 0 atom stereocenters. The quantitative estimate of drug-likeness (QED) is 0.717. The first-order valence-electron chi connectivity index (χ1n) is 9.37. The summed E-state index contributed by atoms with van der Waals surface area (Å²) >= 11 is 0. The summed E-state index contributed by atoms with van der Waals surface area (Å²) in [4.78, 5) is 37.4. The van der Waals surface area contributed by atoms with Crippen molar-refractivity contribution in [1.82, 2.24) is 4.90 Å². The lowest BCUT2D eigenvalue weighted by atomic mass is 9.94. The van der Waals surface area contributed by atoms with Crippen molar-refractivity contribution in [2.45, 2.75) is 0 Å². The van der Waals surface area contributed by atoms with Crippen LogP contribution in [0.25, 0.3) is 12.2 Å². The van der Waals surface area contributed by atoms with Crippen molar-refractivity contribution in [1.29, 1.82) is 0 Å². The lowest BCUT2D eigenvalue weighted by Crippen LogP contribution is -2.43. The Labute approximate surface area is 177 Å². The van der Waals surface area contributed by atoms with Gasteiger partial charge in [-0.05, 0) is 24.3 Å². The third kappa shape index (κ3) is 5.70. The molecule has 1 N–H and O–H groups in total. The van der Waals surface area contributed by atoms with Gasteiger partial charge >= 0.3 is 5.97 Å². The number of ketones is 1. The molecule has 0 radical (unpaired) electrons. The minimum absolute atomic E-state index is 0.114. The van der Waals surface area contributed by atoms with Crippen LogP contribution in [0, 0.1) is 11.6 Å². The highest BCUT2D eigenvalue weighted by molar-refractivity contribution is 6.15. The number of hydrogen-bond acceptors (Lipinski definition) is 4. The third-order valence-electron chi connectivity index (χ3n) is 4.58. The Balaban J connectivity index is 1.94. The van der Waals surface area contributed by atoms with Gasteiger partial charge in [-0.1, -0.05) is 36.4 Å². The second-order valence-electron chi connectivity index (χ2n) is 6.85. The number of halogens is 2. The van der Waals surface area contributed by atoms with Crippen molar-refractivity contribution in [2.24, 2.45) is 0 Å². The van der Waals surface area contributed by atoms with Crippen LogP contribution >= 0.6 is 0 Å². The monoisotopic (exact) mass is 427 g/mol. The van der Waals surface area contributed by atoms with Crippen LogP contribution in [0.5, 0.6) is 0 Å². The largest absolute Gasteiger partial charge is 0.480 e. The SMILES string of the molecule is O=C(O)COCC(=O)N1C/C(=C\c2ccccc2F)C(=O)/C(=C/c2ccccc2F)C1. The fourth-order valence-electron chi connectivity index (χ4n) is 3.09. The predicted molar refractivity (Wildman–Crippen MR) is 109 cm³/mol. The van der Waals surface area contributed by atoms with Crippen LogP contribution in [0.15, 0.2) is 59.7 Å². The number of carbonyl (C=O) groups excluding carboxylic acids is 2. The number of carboxylic acid groups (broad SMARTS) is 1. The number of ether oxygens (including phenoxy) is 1. The van der Waals surface area contributed by atoms with Crippen molar-refractivity contribution in [3.63, 3.8) is 0 Å². The summed E-state index contributed by atoms with van der Waals surface area (Å²) in [5.41, 5.74) is 0.635. The van der Waals surface area contributed by atoms with Gasteiger partial charge < -0.3 is 14.7 Å². The van der Waals surface area contributed by atoms with Crippen molar-refractivity contribution in [2.75, 3.05) is 26.3 Å². The molecule has 3 rings (SSSR count). The number of amides is 1. The molecular weight excluding hydrogens is 408 g/mol. The van der Waals surface area contributed by atoms with Crippen molar-refractivity contribution in [3.8, 4) is 0 Å². The fraction of sp³-hybridized carbons (Fsp3) is 0.174. The maximum atomic E-state index is 14.1. The number of carboxylic acids is 1. The molecule has 1 aliphatic heterocycles. The molecule has 160 valence electrons. The fourth-order valence-corrected chi connectivity index (χ4v) is 3.09. The van der Waals surface area contributed by atoms with Gasteiger partial charge in [0.25, 0.3) is 0 Å². The zero-order valence-corrected chi connectivity index (χ0v) is 16.4. The number of aliphatic carboxylic acids is 1. The molecule has 2 aromatic carbocycles. The Kier molecular flexibility index (Phi) is 7.04. The summed E-state index contributed by atoms with van der Waals surface area (Å²) in [7, 11) is 0. The standard InChI is InChI=1S/C23H19F2NO5/c24-19-7-3-1-5-15(19)9-17-11-26(21(27)13-31-14-22(28)29)12-18(23(17)30)10-16-6-2-4-8-20(16)25/h1-10H,11-14H2,(H,28,29)/b17-9+,18-10+. The molecule has 1 saturated heterocycles. The van der Waals surface area contributed by atoms with Gasteiger partial charge in [0, 0.05) is 35.4 Å². The van der Waals surface area contributed by atoms with E-state index in [4.69, 9.17) is 9.84 Å². The molecule has 0 spiro atoms. The third-order valence-corrected chi connectivity index (χ3v) is 4.58. The molecule has 1 heterocycles. The lowest BCUT2D eigenvalue weighted by Gasteiger charge is -2.30. The molecule has 31 heavy (non-hydrogen) atoms. The molecule has 2 aromatic rings. The molecule has 6 nitrogen and oxygen atoms in total. The molecule has 8 heteroatoms. The smallest absolute Gasteiger partial charge is 0.329 e. The number of likely N-dealkylation sites (tertiary alicyclic amines) is 1. The van der Waals surface area contributed by atoms with Crippen LogP contribution in [0.2, 0.25) is 0 Å². The summed E-state index contributed by atoms with van der Waals surface area (Å²) in [5.74, 6) is -3.26. The Morgan fingerprint density at radius 1 is 0.903 bits per heavy atom. The highest BCUT2D eigenvalue weighted by Crippen LogP contribution is 2.24. The Bertz CT molecular complexity index is 1010. The summed E-state index contributed by atoms with van der Waals surface area (Å²) in [6, 6.07) is 11.7. The van der Waals surface area contributed by atoms with Gasteiger partial charge in [0.1, 0.15) is 24.8 Å². The Morgan fingerprint density at radius 3 is 1.84 bits per heavy atom. The zero-order valence-electron chi connectivity index (χ0n) is 16.4. The molecule has 0 aromatic heterocycles. The number of nitrogens with zero attached hydrogens (tertiary/aromatic N) is 1. The first-order chi connectivity index (χ1) is 14.8. The van der Waals surface area contributed by atoms with Gasteiger partial charge in [-0.25, -0.2) is 13.6 Å². The van der Waals surface area contributed by atoms with E-state index in [-0.39, 0.29) is 35.4 Å². The van der Waals surface area contributed by atoms with Crippen LogP contribution in [-0.4, -0.2) is 54.0 Å². The maximum Gasteiger partial charge on any atom is 0.329 e. The Morgan fingerprint density at radius 2 is 1.39 bits per heavy atom. The molecular formula is C23H19F2NO5. The van der Waals surface area contributed by atoms with Gasteiger partial charge in [0.2, 0.25) is 5.91 Å². The van der Waals surface area contributed by atoms with Crippen LogP contribution in [0.1, 0.15) is 11.1 Å². The zero-order chi connectivity index (χ0) is 22.4. The molecule has 0 bridgehead atoms. The van der Waals surface area contributed by atoms with E-state index >= 15 is 0 Å². The first kappa shape index (κ1) is 22.0. The van der Waals surface area contributed by atoms with Crippen LogP contribution in [0.4, 0.5) is 8.78 Å². The van der Waals surface area contributed by atoms with E-state index < -0.39 is 42.5 Å².